The summed E-state index contributed by atoms with van der Waals surface area (Å²) in [4.78, 5) is 0. The highest BCUT2D eigenvalue weighted by Gasteiger charge is 2.56. The van der Waals surface area contributed by atoms with E-state index in [1.165, 1.54) is 44.9 Å². The Labute approximate surface area is 117 Å². The van der Waals surface area contributed by atoms with Gasteiger partial charge in [0.2, 0.25) is 0 Å². The summed E-state index contributed by atoms with van der Waals surface area (Å²) in [5.41, 5.74) is 0.244. The molecule has 4 aliphatic carbocycles. The molecule has 2 N–H and O–H groups in total. The van der Waals surface area contributed by atoms with Crippen LogP contribution in [0.1, 0.15) is 51.9 Å². The first-order valence-corrected chi connectivity index (χ1v) is 8.58. The molecule has 4 saturated carbocycles. The van der Waals surface area contributed by atoms with Crippen LogP contribution in [0.2, 0.25) is 0 Å². The van der Waals surface area contributed by atoms with Crippen LogP contribution in [0, 0.1) is 35.0 Å². The van der Waals surface area contributed by atoms with Crippen molar-refractivity contribution >= 4 is 0 Å². The van der Waals surface area contributed by atoms with Crippen molar-refractivity contribution in [3.63, 3.8) is 0 Å². The molecule has 0 aromatic rings. The fourth-order valence-electron chi connectivity index (χ4n) is 6.79. The van der Waals surface area contributed by atoms with Gasteiger partial charge in [-0.2, -0.15) is 0 Å². The smallest absolute Gasteiger partial charge is 0.0572 e. The summed E-state index contributed by atoms with van der Waals surface area (Å²) in [5.74, 6) is 4.83. The number of piperidine rings is 1. The summed E-state index contributed by atoms with van der Waals surface area (Å²) < 4.78 is 0. The van der Waals surface area contributed by atoms with Gasteiger partial charge in [0.1, 0.15) is 0 Å². The molecule has 1 atom stereocenters. The highest BCUT2D eigenvalue weighted by Crippen LogP contribution is 2.63. The highest BCUT2D eigenvalue weighted by molar-refractivity contribution is 5.06. The summed E-state index contributed by atoms with van der Waals surface area (Å²) in [6, 6.07) is 0. The van der Waals surface area contributed by atoms with Gasteiger partial charge >= 0.3 is 0 Å². The van der Waals surface area contributed by atoms with Crippen LogP contribution < -0.4 is 5.32 Å². The van der Waals surface area contributed by atoms with Crippen LogP contribution in [-0.4, -0.2) is 24.3 Å². The number of aliphatic hydroxyl groups is 1. The molecule has 0 amide bonds. The SMILES string of the molecule is CC(O)C1(C2C3CC4CC(C3)CC2C4)CCNCC1. The minimum absolute atomic E-state index is 0.114. The zero-order chi connectivity index (χ0) is 13.0. The summed E-state index contributed by atoms with van der Waals surface area (Å²) in [6.45, 7) is 4.32. The minimum atomic E-state index is -0.114. The Kier molecular flexibility index (Phi) is 2.97. The third kappa shape index (κ3) is 1.82. The van der Waals surface area contributed by atoms with Gasteiger partial charge in [0.05, 0.1) is 6.10 Å². The van der Waals surface area contributed by atoms with Gasteiger partial charge in [-0.3, -0.25) is 0 Å². The van der Waals surface area contributed by atoms with Crippen LogP contribution in [0.4, 0.5) is 0 Å². The minimum Gasteiger partial charge on any atom is -0.393 e. The molecule has 108 valence electrons. The Hall–Kier alpha value is -0.0800. The molecule has 0 aromatic heterocycles. The fraction of sp³-hybridized carbons (Fsp3) is 1.00. The van der Waals surface area contributed by atoms with Crippen LogP contribution in [0.15, 0.2) is 0 Å². The molecule has 0 aromatic carbocycles. The van der Waals surface area contributed by atoms with Crippen molar-refractivity contribution in [2.75, 3.05) is 13.1 Å². The van der Waals surface area contributed by atoms with Gasteiger partial charge in [-0.15, -0.1) is 0 Å². The molecule has 5 rings (SSSR count). The average Bonchev–Trinajstić information content (AvgIpc) is 2.38. The molecule has 1 unspecified atom stereocenters. The summed E-state index contributed by atoms with van der Waals surface area (Å²) in [5, 5.41) is 14.1. The molecule has 2 nitrogen and oxygen atoms in total. The average molecular weight is 263 g/mol. The monoisotopic (exact) mass is 263 g/mol. The second-order valence-corrected chi connectivity index (χ2v) is 8.12. The van der Waals surface area contributed by atoms with E-state index in [4.69, 9.17) is 0 Å². The van der Waals surface area contributed by atoms with Gasteiger partial charge < -0.3 is 10.4 Å². The highest BCUT2D eigenvalue weighted by atomic mass is 16.3. The van der Waals surface area contributed by atoms with Crippen LogP contribution in [-0.2, 0) is 0 Å². The van der Waals surface area contributed by atoms with E-state index in [9.17, 15) is 5.11 Å². The molecule has 0 spiro atoms. The van der Waals surface area contributed by atoms with Gasteiger partial charge in [0.25, 0.3) is 0 Å². The number of hydrogen-bond acceptors (Lipinski definition) is 2. The number of nitrogens with one attached hydrogen (secondary N) is 1. The first-order chi connectivity index (χ1) is 9.19. The maximum Gasteiger partial charge on any atom is 0.0572 e. The number of rotatable bonds is 2. The molecular formula is C17H29NO. The van der Waals surface area contributed by atoms with Crippen LogP contribution >= 0.6 is 0 Å². The molecule has 1 saturated heterocycles. The van der Waals surface area contributed by atoms with Crippen molar-refractivity contribution in [1.82, 2.24) is 5.32 Å². The van der Waals surface area contributed by atoms with E-state index in [0.29, 0.717) is 0 Å². The van der Waals surface area contributed by atoms with E-state index in [2.05, 4.69) is 12.2 Å². The second kappa shape index (κ2) is 4.46. The van der Waals surface area contributed by atoms with Gasteiger partial charge in [0.15, 0.2) is 0 Å². The van der Waals surface area contributed by atoms with Crippen LogP contribution in [0.3, 0.4) is 0 Å². The van der Waals surface area contributed by atoms with Crippen molar-refractivity contribution < 1.29 is 5.11 Å². The maximum absolute atomic E-state index is 10.6. The number of hydrogen-bond donors (Lipinski definition) is 2. The van der Waals surface area contributed by atoms with Gasteiger partial charge in [-0.1, -0.05) is 0 Å². The number of aliphatic hydroxyl groups excluding tert-OH is 1. The van der Waals surface area contributed by atoms with E-state index in [-0.39, 0.29) is 11.5 Å². The Morgan fingerprint density at radius 1 is 0.947 bits per heavy atom. The van der Waals surface area contributed by atoms with Gasteiger partial charge in [-0.25, -0.2) is 0 Å². The second-order valence-electron chi connectivity index (χ2n) is 8.12. The Bertz CT molecular complexity index is 317. The third-order valence-corrected chi connectivity index (χ3v) is 7.26. The van der Waals surface area contributed by atoms with Crippen molar-refractivity contribution in [3.05, 3.63) is 0 Å². The molecule has 2 heteroatoms. The van der Waals surface area contributed by atoms with Crippen LogP contribution in [0.25, 0.3) is 0 Å². The molecule has 5 fully saturated rings. The molecule has 19 heavy (non-hydrogen) atoms. The van der Waals surface area contributed by atoms with Gasteiger partial charge in [-0.05, 0) is 94.5 Å². The molecular weight excluding hydrogens is 234 g/mol. The van der Waals surface area contributed by atoms with E-state index < -0.39 is 0 Å². The first-order valence-electron chi connectivity index (χ1n) is 8.58. The predicted octanol–water partition coefficient (Wildman–Crippen LogP) is 2.81. The Morgan fingerprint density at radius 2 is 1.47 bits per heavy atom. The Morgan fingerprint density at radius 3 is 1.95 bits per heavy atom. The van der Waals surface area contributed by atoms with Crippen molar-refractivity contribution in [2.45, 2.75) is 58.0 Å². The summed E-state index contributed by atoms with van der Waals surface area (Å²) in [6.07, 6.45) is 9.77. The zero-order valence-electron chi connectivity index (χ0n) is 12.3. The Balaban J connectivity index is 1.66. The third-order valence-electron chi connectivity index (χ3n) is 7.26. The van der Waals surface area contributed by atoms with Crippen LogP contribution in [0.5, 0.6) is 0 Å². The lowest BCUT2D eigenvalue weighted by Gasteiger charge is -2.61. The molecule has 4 bridgehead atoms. The lowest BCUT2D eigenvalue weighted by atomic mass is 9.44. The molecule has 1 heterocycles. The standard InChI is InChI=1S/C17H29NO/c1-11(19)17(2-4-18-5-3-17)16-14-7-12-6-13(9-14)10-15(16)8-12/h11-16,18-19H,2-10H2,1H3. The molecule has 0 radical (unpaired) electrons. The van der Waals surface area contributed by atoms with Crippen molar-refractivity contribution in [2.24, 2.45) is 35.0 Å². The predicted molar refractivity (Wildman–Crippen MR) is 76.8 cm³/mol. The van der Waals surface area contributed by atoms with Gasteiger partial charge in [0, 0.05) is 5.41 Å². The van der Waals surface area contributed by atoms with E-state index in [1.54, 1.807) is 0 Å². The lowest BCUT2D eigenvalue weighted by Crippen LogP contribution is -2.57. The quantitative estimate of drug-likeness (QED) is 0.803. The van der Waals surface area contributed by atoms with Crippen molar-refractivity contribution in [1.29, 1.82) is 0 Å². The normalized spacial score (nSPS) is 49.3. The zero-order valence-corrected chi connectivity index (χ0v) is 12.3. The van der Waals surface area contributed by atoms with E-state index >= 15 is 0 Å². The lowest BCUT2D eigenvalue weighted by molar-refractivity contribution is -0.145. The van der Waals surface area contributed by atoms with Crippen molar-refractivity contribution in [3.8, 4) is 0 Å². The topological polar surface area (TPSA) is 32.3 Å². The fourth-order valence-corrected chi connectivity index (χ4v) is 6.79. The largest absolute Gasteiger partial charge is 0.393 e. The summed E-state index contributed by atoms with van der Waals surface area (Å²) in [7, 11) is 0. The first kappa shape index (κ1) is 12.6. The van der Waals surface area contributed by atoms with E-state index in [0.717, 1.165) is 42.7 Å². The maximum atomic E-state index is 10.6. The van der Waals surface area contributed by atoms with E-state index in [1.807, 2.05) is 0 Å². The molecule has 1 aliphatic heterocycles. The summed E-state index contributed by atoms with van der Waals surface area (Å²) >= 11 is 0. The molecule has 5 aliphatic rings.